The van der Waals surface area contributed by atoms with Crippen LogP contribution in [0.1, 0.15) is 23.8 Å². The van der Waals surface area contributed by atoms with Crippen LogP contribution in [0.5, 0.6) is 0 Å². The Kier molecular flexibility index (Phi) is 2.91. The van der Waals surface area contributed by atoms with Gasteiger partial charge >= 0.3 is 0 Å². The minimum atomic E-state index is -0.173. The molecule has 1 aromatic heterocycles. The van der Waals surface area contributed by atoms with Gasteiger partial charge in [0.25, 0.3) is 5.91 Å². The van der Waals surface area contributed by atoms with Crippen LogP contribution in [0, 0.1) is 0 Å². The zero-order chi connectivity index (χ0) is 10.7. The highest BCUT2D eigenvalue weighted by molar-refractivity contribution is 5.92. The fourth-order valence-electron chi connectivity index (χ4n) is 1.58. The Balaban J connectivity index is 2.13. The van der Waals surface area contributed by atoms with Gasteiger partial charge in [-0.15, -0.1) is 0 Å². The molecule has 0 saturated carbocycles. The van der Waals surface area contributed by atoms with Crippen LogP contribution in [0.25, 0.3) is 0 Å². The lowest BCUT2D eigenvalue weighted by molar-refractivity contribution is -0.0663. The molecule has 1 aliphatic heterocycles. The van der Waals surface area contributed by atoms with Crippen molar-refractivity contribution in [1.29, 1.82) is 0 Å². The summed E-state index contributed by atoms with van der Waals surface area (Å²) in [6.45, 7) is 3.30. The van der Waals surface area contributed by atoms with Gasteiger partial charge in [0.2, 0.25) is 0 Å². The normalized spacial score (nSPS) is 21.4. The Hall–Kier alpha value is -1.49. The number of nitrogens with zero attached hydrogens (tertiary/aromatic N) is 3. The van der Waals surface area contributed by atoms with Gasteiger partial charge in [-0.05, 0) is 13.3 Å². The summed E-state index contributed by atoms with van der Waals surface area (Å²) in [5, 5.41) is 0. The van der Waals surface area contributed by atoms with Gasteiger partial charge in [-0.3, -0.25) is 9.78 Å². The summed E-state index contributed by atoms with van der Waals surface area (Å²) in [5.74, 6) is -0.115. The number of aromatic nitrogens is 2. The molecule has 1 aliphatic rings. The van der Waals surface area contributed by atoms with E-state index in [-0.39, 0.29) is 12.1 Å². The molecule has 5 heteroatoms. The number of carbonyl (C=O) groups excluding carboxylic acids is 1. The van der Waals surface area contributed by atoms with Gasteiger partial charge in [0.15, 0.2) is 0 Å². The zero-order valence-electron chi connectivity index (χ0n) is 8.59. The molecule has 0 aromatic carbocycles. The molecule has 2 rings (SSSR count). The average molecular weight is 207 g/mol. The predicted octanol–water partition coefficient (Wildman–Crippen LogP) is 0.685. The number of hydrogen-bond acceptors (Lipinski definition) is 4. The summed E-state index contributed by atoms with van der Waals surface area (Å²) in [6.07, 6.45) is 5.24. The highest BCUT2D eigenvalue weighted by Gasteiger charge is 2.25. The maximum atomic E-state index is 12.0. The van der Waals surface area contributed by atoms with Crippen LogP contribution in [0.2, 0.25) is 0 Å². The fraction of sp³-hybridized carbons (Fsp3) is 0.500. The van der Waals surface area contributed by atoms with Crippen molar-refractivity contribution in [3.05, 3.63) is 24.3 Å². The standard InChI is InChI=1S/C10H13N3O2/c1-8-13(5-2-6-15-8)10(14)9-7-11-3-4-12-9/h3-4,7-8H,2,5-6H2,1H3. The fourth-order valence-corrected chi connectivity index (χ4v) is 1.58. The van der Waals surface area contributed by atoms with Crippen molar-refractivity contribution < 1.29 is 9.53 Å². The van der Waals surface area contributed by atoms with E-state index in [1.54, 1.807) is 11.1 Å². The lowest BCUT2D eigenvalue weighted by atomic mass is 10.3. The molecule has 0 spiro atoms. The van der Waals surface area contributed by atoms with Crippen molar-refractivity contribution in [1.82, 2.24) is 14.9 Å². The molecule has 80 valence electrons. The van der Waals surface area contributed by atoms with E-state index >= 15 is 0 Å². The smallest absolute Gasteiger partial charge is 0.276 e. The summed E-state index contributed by atoms with van der Waals surface area (Å²) in [5.41, 5.74) is 0.370. The van der Waals surface area contributed by atoms with E-state index in [4.69, 9.17) is 4.74 Å². The number of hydrogen-bond donors (Lipinski definition) is 0. The predicted molar refractivity (Wildman–Crippen MR) is 53.1 cm³/mol. The number of rotatable bonds is 1. The second kappa shape index (κ2) is 4.35. The molecule has 1 atom stereocenters. The van der Waals surface area contributed by atoms with Crippen LogP contribution in [-0.4, -0.2) is 40.2 Å². The molecule has 1 saturated heterocycles. The van der Waals surface area contributed by atoms with E-state index in [2.05, 4.69) is 9.97 Å². The number of ether oxygens (including phenoxy) is 1. The Morgan fingerprint density at radius 2 is 2.47 bits per heavy atom. The maximum Gasteiger partial charge on any atom is 0.276 e. The van der Waals surface area contributed by atoms with Gasteiger partial charge in [0.1, 0.15) is 11.9 Å². The SMILES string of the molecule is CC1OCCCN1C(=O)c1cnccn1. The van der Waals surface area contributed by atoms with Crippen molar-refractivity contribution >= 4 is 5.91 Å². The summed E-state index contributed by atoms with van der Waals surface area (Å²) in [6, 6.07) is 0. The van der Waals surface area contributed by atoms with E-state index in [0.29, 0.717) is 12.3 Å². The van der Waals surface area contributed by atoms with Crippen LogP contribution in [0.3, 0.4) is 0 Å². The molecule has 0 radical (unpaired) electrons. The third kappa shape index (κ3) is 2.12. The molecule has 1 fully saturated rings. The number of amides is 1. The van der Waals surface area contributed by atoms with E-state index in [1.165, 1.54) is 12.4 Å². The average Bonchev–Trinajstić information content (AvgIpc) is 2.30. The molecule has 0 N–H and O–H groups in total. The summed E-state index contributed by atoms with van der Waals surface area (Å²) < 4.78 is 5.39. The monoisotopic (exact) mass is 207 g/mol. The van der Waals surface area contributed by atoms with Crippen LogP contribution in [0.15, 0.2) is 18.6 Å². The minimum absolute atomic E-state index is 0.115. The molecule has 15 heavy (non-hydrogen) atoms. The zero-order valence-corrected chi connectivity index (χ0v) is 8.59. The van der Waals surface area contributed by atoms with Crippen LogP contribution >= 0.6 is 0 Å². The largest absolute Gasteiger partial charge is 0.359 e. The van der Waals surface area contributed by atoms with Gasteiger partial charge in [-0.1, -0.05) is 0 Å². The first-order valence-electron chi connectivity index (χ1n) is 4.97. The van der Waals surface area contributed by atoms with Crippen molar-refractivity contribution in [2.24, 2.45) is 0 Å². The van der Waals surface area contributed by atoms with E-state index in [1.807, 2.05) is 6.92 Å². The van der Waals surface area contributed by atoms with E-state index in [9.17, 15) is 4.79 Å². The first kappa shape index (κ1) is 10.0. The van der Waals surface area contributed by atoms with Crippen LogP contribution in [0.4, 0.5) is 0 Å². The Labute approximate surface area is 88.1 Å². The van der Waals surface area contributed by atoms with E-state index < -0.39 is 0 Å². The Morgan fingerprint density at radius 1 is 1.60 bits per heavy atom. The van der Waals surface area contributed by atoms with Gasteiger partial charge < -0.3 is 9.64 Å². The topological polar surface area (TPSA) is 55.3 Å². The van der Waals surface area contributed by atoms with E-state index in [0.717, 1.165) is 13.0 Å². The third-order valence-electron chi connectivity index (χ3n) is 2.38. The summed E-state index contributed by atoms with van der Waals surface area (Å²) >= 11 is 0. The quantitative estimate of drug-likeness (QED) is 0.679. The highest BCUT2D eigenvalue weighted by Crippen LogP contribution is 2.12. The Bertz CT molecular complexity index is 342. The third-order valence-corrected chi connectivity index (χ3v) is 2.38. The molecule has 1 unspecified atom stereocenters. The van der Waals surface area contributed by atoms with Crippen LogP contribution in [-0.2, 0) is 4.74 Å². The second-order valence-corrected chi connectivity index (χ2v) is 3.41. The van der Waals surface area contributed by atoms with Crippen molar-refractivity contribution in [3.8, 4) is 0 Å². The van der Waals surface area contributed by atoms with Crippen molar-refractivity contribution in [2.75, 3.05) is 13.2 Å². The first-order valence-corrected chi connectivity index (χ1v) is 4.97. The minimum Gasteiger partial charge on any atom is -0.359 e. The maximum absolute atomic E-state index is 12.0. The van der Waals surface area contributed by atoms with Crippen molar-refractivity contribution in [3.63, 3.8) is 0 Å². The molecule has 0 aliphatic carbocycles. The van der Waals surface area contributed by atoms with Gasteiger partial charge in [-0.25, -0.2) is 4.98 Å². The second-order valence-electron chi connectivity index (χ2n) is 3.41. The van der Waals surface area contributed by atoms with Gasteiger partial charge in [0.05, 0.1) is 12.8 Å². The highest BCUT2D eigenvalue weighted by atomic mass is 16.5. The molecule has 5 nitrogen and oxygen atoms in total. The molecular weight excluding hydrogens is 194 g/mol. The molecule has 1 aromatic rings. The van der Waals surface area contributed by atoms with Crippen molar-refractivity contribution in [2.45, 2.75) is 19.6 Å². The Morgan fingerprint density at radius 3 is 3.13 bits per heavy atom. The van der Waals surface area contributed by atoms with Gasteiger partial charge in [-0.2, -0.15) is 0 Å². The number of carbonyl (C=O) groups is 1. The molecule has 0 bridgehead atoms. The lowest BCUT2D eigenvalue weighted by Gasteiger charge is -2.32. The summed E-state index contributed by atoms with van der Waals surface area (Å²) in [4.78, 5) is 21.5. The van der Waals surface area contributed by atoms with Gasteiger partial charge in [0, 0.05) is 18.9 Å². The molecule has 2 heterocycles. The first-order chi connectivity index (χ1) is 7.29. The lowest BCUT2D eigenvalue weighted by Crippen LogP contribution is -2.45. The molecular formula is C10H13N3O2. The summed E-state index contributed by atoms with van der Waals surface area (Å²) in [7, 11) is 0. The van der Waals surface area contributed by atoms with Crippen LogP contribution < -0.4 is 0 Å². The molecule has 1 amide bonds.